The quantitative estimate of drug-likeness (QED) is 0.693. The van der Waals surface area contributed by atoms with E-state index < -0.39 is 0 Å². The summed E-state index contributed by atoms with van der Waals surface area (Å²) in [7, 11) is 1.65. The number of hydrogen-bond acceptors (Lipinski definition) is 4. The van der Waals surface area contributed by atoms with E-state index >= 15 is 0 Å². The molecule has 1 unspecified atom stereocenters. The first kappa shape index (κ1) is 21.2. The average Bonchev–Trinajstić information content (AvgIpc) is 2.74. The third kappa shape index (κ3) is 5.51. The van der Waals surface area contributed by atoms with Crippen molar-refractivity contribution in [3.05, 3.63) is 59.2 Å². The van der Waals surface area contributed by atoms with Crippen LogP contribution >= 0.6 is 0 Å². The van der Waals surface area contributed by atoms with Crippen molar-refractivity contribution in [2.75, 3.05) is 26.8 Å². The Morgan fingerprint density at radius 2 is 2.00 bits per heavy atom. The molecule has 1 aliphatic rings. The van der Waals surface area contributed by atoms with Gasteiger partial charge < -0.3 is 14.8 Å². The van der Waals surface area contributed by atoms with Gasteiger partial charge in [-0.15, -0.1) is 0 Å². The molecule has 0 bridgehead atoms. The first-order valence-electron chi connectivity index (χ1n) is 10.5. The molecule has 0 fully saturated rings. The maximum absolute atomic E-state index is 12.7. The Hall–Kier alpha value is -2.53. The molecule has 0 saturated carbocycles. The molecule has 1 N–H and O–H groups in total. The summed E-state index contributed by atoms with van der Waals surface area (Å²) in [6.45, 7) is 6.49. The van der Waals surface area contributed by atoms with Crippen LogP contribution in [0.2, 0.25) is 0 Å². The molecular weight excluding hydrogens is 364 g/mol. The van der Waals surface area contributed by atoms with E-state index in [9.17, 15) is 4.79 Å². The normalized spacial score (nSPS) is 15.7. The average molecular weight is 397 g/mol. The monoisotopic (exact) mass is 396 g/mol. The zero-order valence-electron chi connectivity index (χ0n) is 17.7. The maximum atomic E-state index is 12.7. The van der Waals surface area contributed by atoms with Gasteiger partial charge in [-0.1, -0.05) is 37.3 Å². The number of carbonyl (C=O) groups is 1. The van der Waals surface area contributed by atoms with E-state index in [1.165, 1.54) is 11.1 Å². The Labute approximate surface area is 174 Å². The Kier molecular flexibility index (Phi) is 7.53. The number of nitrogens with one attached hydrogen (secondary N) is 1. The van der Waals surface area contributed by atoms with Crippen LogP contribution in [0.1, 0.15) is 49.4 Å². The summed E-state index contributed by atoms with van der Waals surface area (Å²) in [5, 5.41) is 3.25. The van der Waals surface area contributed by atoms with Gasteiger partial charge in [-0.25, -0.2) is 0 Å². The molecule has 5 heteroatoms. The van der Waals surface area contributed by atoms with Crippen LogP contribution < -0.4 is 14.8 Å². The standard InChI is InChI=1S/C24H32N2O3/c1-4-26(16-18-13-14-22(29-5-2)23(15-18)28-3)17-24(27)25-21-12-8-10-19-9-6-7-11-20(19)21/h6-7,9,11,13-15,21H,4-5,8,10,12,16-17H2,1-3H3,(H,25,27). The molecule has 0 spiro atoms. The first-order chi connectivity index (χ1) is 14.1. The highest BCUT2D eigenvalue weighted by molar-refractivity contribution is 5.78. The van der Waals surface area contributed by atoms with Crippen molar-refractivity contribution in [3.63, 3.8) is 0 Å². The molecule has 5 nitrogen and oxygen atoms in total. The highest BCUT2D eigenvalue weighted by Gasteiger charge is 2.22. The highest BCUT2D eigenvalue weighted by Crippen LogP contribution is 2.30. The van der Waals surface area contributed by atoms with Gasteiger partial charge in [0.2, 0.25) is 5.91 Å². The molecule has 2 aromatic rings. The Bertz CT molecular complexity index is 822. The van der Waals surface area contributed by atoms with Crippen LogP contribution in [-0.2, 0) is 17.8 Å². The minimum absolute atomic E-state index is 0.0754. The molecule has 0 aromatic heterocycles. The molecular formula is C24H32N2O3. The van der Waals surface area contributed by atoms with Crippen LogP contribution in [-0.4, -0.2) is 37.6 Å². The molecule has 156 valence electrons. The smallest absolute Gasteiger partial charge is 0.234 e. The lowest BCUT2D eigenvalue weighted by Crippen LogP contribution is -2.39. The second-order valence-corrected chi connectivity index (χ2v) is 7.43. The molecule has 1 atom stereocenters. The van der Waals surface area contributed by atoms with Crippen molar-refractivity contribution >= 4 is 5.91 Å². The van der Waals surface area contributed by atoms with E-state index in [4.69, 9.17) is 9.47 Å². The van der Waals surface area contributed by atoms with Gasteiger partial charge in [0.05, 0.1) is 26.3 Å². The topological polar surface area (TPSA) is 50.8 Å². The predicted octanol–water partition coefficient (Wildman–Crippen LogP) is 4.11. The zero-order chi connectivity index (χ0) is 20.6. The Morgan fingerprint density at radius 3 is 2.76 bits per heavy atom. The van der Waals surface area contributed by atoms with Gasteiger partial charge >= 0.3 is 0 Å². The third-order valence-electron chi connectivity index (χ3n) is 5.45. The number of ether oxygens (including phenoxy) is 2. The SMILES string of the molecule is CCOc1ccc(CN(CC)CC(=O)NC2CCCc3ccccc32)cc1OC. The predicted molar refractivity (Wildman–Crippen MR) is 115 cm³/mol. The number of likely N-dealkylation sites (N-methyl/N-ethyl adjacent to an activating group) is 1. The second kappa shape index (κ2) is 10.3. The lowest BCUT2D eigenvalue weighted by Gasteiger charge is -2.28. The van der Waals surface area contributed by atoms with Crippen molar-refractivity contribution in [2.45, 2.75) is 45.7 Å². The van der Waals surface area contributed by atoms with Gasteiger partial charge in [-0.3, -0.25) is 9.69 Å². The van der Waals surface area contributed by atoms with Crippen molar-refractivity contribution in [3.8, 4) is 11.5 Å². The summed E-state index contributed by atoms with van der Waals surface area (Å²) >= 11 is 0. The second-order valence-electron chi connectivity index (χ2n) is 7.43. The summed E-state index contributed by atoms with van der Waals surface area (Å²) in [6.07, 6.45) is 3.22. The maximum Gasteiger partial charge on any atom is 0.234 e. The van der Waals surface area contributed by atoms with Crippen LogP contribution in [0.4, 0.5) is 0 Å². The number of benzene rings is 2. The molecule has 1 amide bonds. The van der Waals surface area contributed by atoms with Crippen molar-refractivity contribution in [1.29, 1.82) is 0 Å². The molecule has 2 aromatic carbocycles. The zero-order valence-corrected chi connectivity index (χ0v) is 17.7. The van der Waals surface area contributed by atoms with Gasteiger partial charge in [0.1, 0.15) is 0 Å². The molecule has 0 radical (unpaired) electrons. The van der Waals surface area contributed by atoms with Crippen molar-refractivity contribution < 1.29 is 14.3 Å². The highest BCUT2D eigenvalue weighted by atomic mass is 16.5. The van der Waals surface area contributed by atoms with Crippen molar-refractivity contribution in [1.82, 2.24) is 10.2 Å². The van der Waals surface area contributed by atoms with E-state index in [0.717, 1.165) is 42.9 Å². The van der Waals surface area contributed by atoms with Crippen molar-refractivity contribution in [2.24, 2.45) is 0 Å². The number of carbonyl (C=O) groups excluding carboxylic acids is 1. The number of amides is 1. The summed E-state index contributed by atoms with van der Waals surface area (Å²) in [5.41, 5.74) is 3.73. The summed E-state index contributed by atoms with van der Waals surface area (Å²) in [5.74, 6) is 1.55. The Morgan fingerprint density at radius 1 is 1.17 bits per heavy atom. The minimum Gasteiger partial charge on any atom is -0.493 e. The number of methoxy groups -OCH3 is 1. The third-order valence-corrected chi connectivity index (χ3v) is 5.45. The van der Waals surface area contributed by atoms with Gasteiger partial charge in [-0.2, -0.15) is 0 Å². The summed E-state index contributed by atoms with van der Waals surface area (Å²) < 4.78 is 11.0. The molecule has 29 heavy (non-hydrogen) atoms. The first-order valence-corrected chi connectivity index (χ1v) is 10.5. The fourth-order valence-electron chi connectivity index (χ4n) is 3.97. The van der Waals surface area contributed by atoms with Crippen LogP contribution in [0, 0.1) is 0 Å². The van der Waals surface area contributed by atoms with Gasteiger partial charge in [0.15, 0.2) is 11.5 Å². The number of nitrogens with zero attached hydrogens (tertiary/aromatic N) is 1. The molecule has 0 aliphatic heterocycles. The van der Waals surface area contributed by atoms with Crippen LogP contribution in [0.15, 0.2) is 42.5 Å². The number of fused-ring (bicyclic) bond motifs is 1. The lowest BCUT2D eigenvalue weighted by molar-refractivity contribution is -0.123. The minimum atomic E-state index is 0.0754. The lowest BCUT2D eigenvalue weighted by atomic mass is 9.88. The van der Waals surface area contributed by atoms with Gasteiger partial charge in [0.25, 0.3) is 0 Å². The largest absolute Gasteiger partial charge is 0.493 e. The van der Waals surface area contributed by atoms with E-state index in [1.54, 1.807) is 7.11 Å². The van der Waals surface area contributed by atoms with Gasteiger partial charge in [0, 0.05) is 6.54 Å². The van der Waals surface area contributed by atoms with Gasteiger partial charge in [-0.05, 0) is 61.6 Å². The van der Waals surface area contributed by atoms with E-state index in [-0.39, 0.29) is 11.9 Å². The van der Waals surface area contributed by atoms with Crippen LogP contribution in [0.3, 0.4) is 0 Å². The number of hydrogen-bond donors (Lipinski definition) is 1. The van der Waals surface area contributed by atoms with Crippen LogP contribution in [0.5, 0.6) is 11.5 Å². The number of aryl methyl sites for hydroxylation is 1. The number of rotatable bonds is 9. The van der Waals surface area contributed by atoms with E-state index in [2.05, 4.69) is 41.4 Å². The molecule has 1 aliphatic carbocycles. The summed E-state index contributed by atoms with van der Waals surface area (Å²) in [4.78, 5) is 14.9. The van der Waals surface area contributed by atoms with Crippen LogP contribution in [0.25, 0.3) is 0 Å². The summed E-state index contributed by atoms with van der Waals surface area (Å²) in [6, 6.07) is 14.5. The fraction of sp³-hybridized carbons (Fsp3) is 0.458. The Balaban J connectivity index is 1.61. The molecule has 0 saturated heterocycles. The fourth-order valence-corrected chi connectivity index (χ4v) is 3.97. The van der Waals surface area contributed by atoms with E-state index in [1.807, 2.05) is 25.1 Å². The molecule has 3 rings (SSSR count). The van der Waals surface area contributed by atoms with E-state index in [0.29, 0.717) is 19.7 Å². The molecule has 0 heterocycles.